The first-order valence-corrected chi connectivity index (χ1v) is 7.15. The quantitative estimate of drug-likeness (QED) is 0.243. The van der Waals surface area contributed by atoms with E-state index in [-0.39, 0.29) is 0 Å². The molecular weight excluding hydrogens is 318 g/mol. The van der Waals surface area contributed by atoms with Gasteiger partial charge < -0.3 is 55.7 Å². The summed E-state index contributed by atoms with van der Waals surface area (Å²) < 4.78 is 15.5. The van der Waals surface area contributed by atoms with Crippen molar-refractivity contribution in [2.24, 2.45) is 5.73 Å². The fourth-order valence-electron chi connectivity index (χ4n) is 2.60. The topological polar surface area (TPSA) is 195 Å². The van der Waals surface area contributed by atoms with Gasteiger partial charge in [-0.2, -0.15) is 0 Å². The molecule has 2 heterocycles. The molecule has 11 nitrogen and oxygen atoms in total. The maximum absolute atomic E-state index is 10.1. The van der Waals surface area contributed by atoms with Crippen molar-refractivity contribution in [3.8, 4) is 0 Å². The lowest BCUT2D eigenvalue weighted by Gasteiger charge is -2.45. The van der Waals surface area contributed by atoms with Gasteiger partial charge in [0, 0.05) is 0 Å². The summed E-state index contributed by atoms with van der Waals surface area (Å²) in [6, 6.07) is -1.23. The predicted octanol–water partition coefficient (Wildman–Crippen LogP) is -5.43. The summed E-state index contributed by atoms with van der Waals surface area (Å²) in [6.07, 6.45) is -13.0. The highest BCUT2D eigenvalue weighted by Gasteiger charge is 2.49. The van der Waals surface area contributed by atoms with Crippen LogP contribution < -0.4 is 5.73 Å². The Morgan fingerprint density at radius 3 is 1.96 bits per heavy atom. The molecule has 11 heteroatoms. The van der Waals surface area contributed by atoms with E-state index >= 15 is 0 Å². The summed E-state index contributed by atoms with van der Waals surface area (Å²) in [5.74, 6) is 0. The molecule has 0 radical (unpaired) electrons. The largest absolute Gasteiger partial charge is 0.394 e. The molecule has 0 spiro atoms. The molecule has 0 aliphatic carbocycles. The lowest BCUT2D eigenvalue weighted by molar-refractivity contribution is -0.344. The molecule has 0 amide bonds. The van der Waals surface area contributed by atoms with Gasteiger partial charge in [-0.05, 0) is 0 Å². The molecule has 0 aromatic heterocycles. The van der Waals surface area contributed by atoms with Crippen molar-refractivity contribution in [1.29, 1.82) is 0 Å². The van der Waals surface area contributed by atoms with Crippen molar-refractivity contribution in [2.45, 2.75) is 61.3 Å². The van der Waals surface area contributed by atoms with Gasteiger partial charge in [0.25, 0.3) is 0 Å². The zero-order chi connectivity index (χ0) is 17.3. The lowest BCUT2D eigenvalue weighted by Crippen LogP contribution is -2.66. The Kier molecular flexibility index (Phi) is 6.27. The number of nitrogens with two attached hydrogens (primary N) is 1. The van der Waals surface area contributed by atoms with E-state index < -0.39 is 74.6 Å². The van der Waals surface area contributed by atoms with Crippen molar-refractivity contribution >= 4 is 0 Å². The van der Waals surface area contributed by atoms with Crippen LogP contribution in [0.1, 0.15) is 0 Å². The smallest absolute Gasteiger partial charge is 0.187 e. The summed E-state index contributed by atoms with van der Waals surface area (Å²) in [6.45, 7) is -1.26. The van der Waals surface area contributed by atoms with Gasteiger partial charge in [-0.3, -0.25) is 0 Å². The third kappa shape index (κ3) is 3.65. The number of rotatable bonds is 4. The average Bonchev–Trinajstić information content (AvgIpc) is 2.55. The molecule has 2 aliphatic heterocycles. The molecule has 2 fully saturated rings. The lowest BCUT2D eigenvalue weighted by atomic mass is 9.96. The van der Waals surface area contributed by atoms with Gasteiger partial charge in [0.1, 0.15) is 42.7 Å². The molecule has 0 bridgehead atoms. The molecule has 136 valence electrons. The Morgan fingerprint density at radius 2 is 1.39 bits per heavy atom. The first-order chi connectivity index (χ1) is 10.8. The minimum Gasteiger partial charge on any atom is -0.394 e. The van der Waals surface area contributed by atoms with Crippen LogP contribution in [-0.4, -0.2) is 110 Å². The van der Waals surface area contributed by atoms with Crippen LogP contribution in [0.15, 0.2) is 0 Å². The van der Waals surface area contributed by atoms with Crippen LogP contribution in [-0.2, 0) is 14.2 Å². The minimum absolute atomic E-state index is 0.622. The van der Waals surface area contributed by atoms with Gasteiger partial charge in [0.05, 0.1) is 19.3 Å². The Labute approximate surface area is 131 Å². The number of hydrogen-bond donors (Lipinski definition) is 8. The molecule has 2 rings (SSSR count). The molecule has 2 aliphatic rings. The molecule has 0 aromatic carbocycles. The number of hydrogen-bond acceptors (Lipinski definition) is 11. The van der Waals surface area contributed by atoms with Gasteiger partial charge in [-0.25, -0.2) is 0 Å². The maximum atomic E-state index is 10.1. The SMILES string of the molecule is N[C@@H]1[C@@H](O)[C@H](O[C@H]2O[C@H](CO)[C@@H](O)[C@H](O)[C@H]2O)[C@@H](CO)O[C@H]1O. The van der Waals surface area contributed by atoms with Crippen LogP contribution in [0.4, 0.5) is 0 Å². The number of aliphatic hydroxyl groups excluding tert-OH is 7. The molecule has 10 atom stereocenters. The minimum atomic E-state index is -1.68. The van der Waals surface area contributed by atoms with Crippen molar-refractivity contribution in [1.82, 2.24) is 0 Å². The maximum Gasteiger partial charge on any atom is 0.187 e. The standard InChI is InChI=1S/C12H23NO10/c13-5-7(17)10(4(2-15)21-11(5)20)23-12-9(19)8(18)6(16)3(1-14)22-12/h3-12,14-20H,1-2,13H2/t3-,4-,5-,6-,7-,8+,9-,10-,11-,12-/m1/s1. The fourth-order valence-corrected chi connectivity index (χ4v) is 2.60. The normalized spacial score (nSPS) is 51.7. The Hall–Kier alpha value is -0.440. The molecule has 9 N–H and O–H groups in total. The van der Waals surface area contributed by atoms with Gasteiger partial charge in [0.15, 0.2) is 12.6 Å². The molecule has 0 saturated carbocycles. The predicted molar refractivity (Wildman–Crippen MR) is 70.6 cm³/mol. The van der Waals surface area contributed by atoms with Gasteiger partial charge in [-0.15, -0.1) is 0 Å². The molecular formula is C12H23NO10. The molecule has 0 aromatic rings. The third-order valence-electron chi connectivity index (χ3n) is 4.06. The van der Waals surface area contributed by atoms with Gasteiger partial charge >= 0.3 is 0 Å². The van der Waals surface area contributed by atoms with Crippen LogP contribution in [0.5, 0.6) is 0 Å². The van der Waals surface area contributed by atoms with E-state index in [1.54, 1.807) is 0 Å². The van der Waals surface area contributed by atoms with E-state index in [9.17, 15) is 30.6 Å². The monoisotopic (exact) mass is 341 g/mol. The summed E-state index contributed by atoms with van der Waals surface area (Å²) in [4.78, 5) is 0. The van der Waals surface area contributed by atoms with E-state index in [0.717, 1.165) is 0 Å². The zero-order valence-electron chi connectivity index (χ0n) is 12.1. The second-order valence-electron chi connectivity index (χ2n) is 5.61. The van der Waals surface area contributed by atoms with Crippen molar-refractivity contribution in [3.63, 3.8) is 0 Å². The summed E-state index contributed by atoms with van der Waals surface area (Å²) in [5, 5.41) is 67.3. The van der Waals surface area contributed by atoms with Gasteiger partial charge in [-0.1, -0.05) is 0 Å². The van der Waals surface area contributed by atoms with E-state index in [1.807, 2.05) is 0 Å². The van der Waals surface area contributed by atoms with Crippen LogP contribution in [0.25, 0.3) is 0 Å². The third-order valence-corrected chi connectivity index (χ3v) is 4.06. The van der Waals surface area contributed by atoms with Crippen LogP contribution >= 0.6 is 0 Å². The van der Waals surface area contributed by atoms with Crippen LogP contribution in [0.3, 0.4) is 0 Å². The first-order valence-electron chi connectivity index (χ1n) is 7.15. The Balaban J connectivity index is 2.11. The van der Waals surface area contributed by atoms with E-state index in [0.29, 0.717) is 0 Å². The van der Waals surface area contributed by atoms with Crippen LogP contribution in [0.2, 0.25) is 0 Å². The highest BCUT2D eigenvalue weighted by Crippen LogP contribution is 2.27. The Morgan fingerprint density at radius 1 is 0.783 bits per heavy atom. The molecule has 2 saturated heterocycles. The van der Waals surface area contributed by atoms with E-state index in [2.05, 4.69) is 0 Å². The first kappa shape index (κ1) is 18.9. The van der Waals surface area contributed by atoms with Crippen molar-refractivity contribution in [3.05, 3.63) is 0 Å². The van der Waals surface area contributed by atoms with Crippen LogP contribution in [0, 0.1) is 0 Å². The average molecular weight is 341 g/mol. The highest BCUT2D eigenvalue weighted by molar-refractivity contribution is 4.94. The number of ether oxygens (including phenoxy) is 3. The highest BCUT2D eigenvalue weighted by atomic mass is 16.7. The van der Waals surface area contributed by atoms with E-state index in [1.165, 1.54) is 0 Å². The summed E-state index contributed by atoms with van der Waals surface area (Å²) in [5.41, 5.74) is 5.55. The summed E-state index contributed by atoms with van der Waals surface area (Å²) in [7, 11) is 0. The fraction of sp³-hybridized carbons (Fsp3) is 1.00. The molecule has 23 heavy (non-hydrogen) atoms. The zero-order valence-corrected chi connectivity index (χ0v) is 12.1. The second kappa shape index (κ2) is 7.63. The molecule has 0 unspecified atom stereocenters. The van der Waals surface area contributed by atoms with Crippen molar-refractivity contribution in [2.75, 3.05) is 13.2 Å². The van der Waals surface area contributed by atoms with E-state index in [4.69, 9.17) is 25.1 Å². The number of aliphatic hydroxyl groups is 7. The van der Waals surface area contributed by atoms with Gasteiger partial charge in [0.2, 0.25) is 0 Å². The van der Waals surface area contributed by atoms with Crippen molar-refractivity contribution < 1.29 is 50.0 Å². The second-order valence-corrected chi connectivity index (χ2v) is 5.61. The summed E-state index contributed by atoms with van der Waals surface area (Å²) >= 11 is 0. The Bertz CT molecular complexity index is 383.